The van der Waals surface area contributed by atoms with Gasteiger partial charge in [0, 0.05) is 26.9 Å². The summed E-state index contributed by atoms with van der Waals surface area (Å²) in [5, 5.41) is 3.05. The van der Waals surface area contributed by atoms with Crippen molar-refractivity contribution in [3.63, 3.8) is 0 Å². The van der Waals surface area contributed by atoms with Crippen LogP contribution in [0.2, 0.25) is 0 Å². The van der Waals surface area contributed by atoms with Gasteiger partial charge in [0.05, 0.1) is 18.1 Å². The summed E-state index contributed by atoms with van der Waals surface area (Å²) in [6.07, 6.45) is 1.10. The monoisotopic (exact) mass is 310 g/mol. The van der Waals surface area contributed by atoms with E-state index in [1.807, 2.05) is 6.07 Å². The summed E-state index contributed by atoms with van der Waals surface area (Å²) in [6, 6.07) is 6.37. The smallest absolute Gasteiger partial charge is 0.223 e. The number of hydrogen-bond acceptors (Lipinski definition) is 4. The molecule has 1 atom stereocenters. The fraction of sp³-hybridized carbons (Fsp3) is 0.562. The first-order valence-electron chi connectivity index (χ1n) is 7.47. The third kappa shape index (κ3) is 4.03. The van der Waals surface area contributed by atoms with Gasteiger partial charge in [-0.3, -0.25) is 4.79 Å². The number of nitrogens with one attached hydrogen (secondary N) is 1. The Kier molecular flexibility index (Phi) is 5.88. The zero-order valence-electron chi connectivity index (χ0n) is 12.8. The Bertz CT molecular complexity index is 500. The summed E-state index contributed by atoms with van der Waals surface area (Å²) in [5.74, 6) is -0.460. The highest BCUT2D eigenvalue weighted by Crippen LogP contribution is 2.32. The number of carbonyl (C=O) groups is 1. The standard InChI is InChI=1S/C16H23FN2O3/c1-21-14(11-18)10-15(20)19-16(5-7-22-8-6-16)12-3-2-4-13(17)9-12/h2-4,9,14H,5-8,10-11,18H2,1H3,(H,19,20). The number of halogens is 1. The quantitative estimate of drug-likeness (QED) is 0.831. The van der Waals surface area contributed by atoms with Crippen molar-refractivity contribution in [2.45, 2.75) is 30.9 Å². The molecule has 0 radical (unpaired) electrons. The maximum atomic E-state index is 13.6. The normalized spacial score (nSPS) is 18.7. The van der Waals surface area contributed by atoms with Crippen molar-refractivity contribution in [1.29, 1.82) is 0 Å². The average Bonchev–Trinajstić information content (AvgIpc) is 2.53. The predicted octanol–water partition coefficient (Wildman–Crippen LogP) is 1.31. The van der Waals surface area contributed by atoms with Gasteiger partial charge in [0.25, 0.3) is 0 Å². The first-order chi connectivity index (χ1) is 10.6. The molecule has 0 saturated carbocycles. The zero-order chi connectivity index (χ0) is 16.0. The summed E-state index contributed by atoms with van der Waals surface area (Å²) >= 11 is 0. The second-order valence-corrected chi connectivity index (χ2v) is 5.55. The van der Waals surface area contributed by atoms with E-state index in [0.29, 0.717) is 26.1 Å². The summed E-state index contributed by atoms with van der Waals surface area (Å²) in [7, 11) is 1.53. The number of amides is 1. The van der Waals surface area contributed by atoms with Crippen LogP contribution >= 0.6 is 0 Å². The van der Waals surface area contributed by atoms with Crippen LogP contribution in [0.3, 0.4) is 0 Å². The highest BCUT2D eigenvalue weighted by atomic mass is 19.1. The van der Waals surface area contributed by atoms with E-state index in [-0.39, 0.29) is 30.8 Å². The Morgan fingerprint density at radius 2 is 2.23 bits per heavy atom. The highest BCUT2D eigenvalue weighted by molar-refractivity contribution is 5.77. The molecule has 122 valence electrons. The van der Waals surface area contributed by atoms with Crippen molar-refractivity contribution >= 4 is 5.91 Å². The molecule has 1 aliphatic rings. The van der Waals surface area contributed by atoms with E-state index in [1.165, 1.54) is 19.2 Å². The summed E-state index contributed by atoms with van der Waals surface area (Å²) < 4.78 is 24.1. The third-order valence-corrected chi connectivity index (χ3v) is 4.11. The predicted molar refractivity (Wildman–Crippen MR) is 80.7 cm³/mol. The van der Waals surface area contributed by atoms with Gasteiger partial charge in [-0.15, -0.1) is 0 Å². The largest absolute Gasteiger partial charge is 0.381 e. The molecular formula is C16H23FN2O3. The number of rotatable bonds is 6. The van der Waals surface area contributed by atoms with Crippen LogP contribution in [0.25, 0.3) is 0 Å². The van der Waals surface area contributed by atoms with E-state index < -0.39 is 5.54 Å². The number of methoxy groups -OCH3 is 1. The lowest BCUT2D eigenvalue weighted by atomic mass is 9.82. The molecule has 0 aliphatic carbocycles. The molecule has 1 amide bonds. The fourth-order valence-electron chi connectivity index (χ4n) is 2.78. The second-order valence-electron chi connectivity index (χ2n) is 5.55. The van der Waals surface area contributed by atoms with Crippen LogP contribution in [0.15, 0.2) is 24.3 Å². The molecule has 5 nitrogen and oxygen atoms in total. The van der Waals surface area contributed by atoms with E-state index in [1.54, 1.807) is 6.07 Å². The minimum absolute atomic E-state index is 0.150. The van der Waals surface area contributed by atoms with Gasteiger partial charge in [-0.1, -0.05) is 12.1 Å². The Labute approximate surface area is 130 Å². The van der Waals surface area contributed by atoms with Gasteiger partial charge in [-0.05, 0) is 30.5 Å². The molecule has 1 fully saturated rings. The van der Waals surface area contributed by atoms with Gasteiger partial charge >= 0.3 is 0 Å². The average molecular weight is 310 g/mol. The van der Waals surface area contributed by atoms with E-state index >= 15 is 0 Å². The first kappa shape index (κ1) is 16.9. The molecule has 0 bridgehead atoms. The molecule has 0 spiro atoms. The lowest BCUT2D eigenvalue weighted by molar-refractivity contribution is -0.126. The molecule has 1 aromatic carbocycles. The van der Waals surface area contributed by atoms with Crippen molar-refractivity contribution < 1.29 is 18.7 Å². The van der Waals surface area contributed by atoms with Crippen LogP contribution < -0.4 is 11.1 Å². The van der Waals surface area contributed by atoms with Gasteiger partial charge in [0.15, 0.2) is 0 Å². The molecule has 2 rings (SSSR count). The number of hydrogen-bond donors (Lipinski definition) is 2. The van der Waals surface area contributed by atoms with Gasteiger partial charge in [-0.2, -0.15) is 0 Å². The molecular weight excluding hydrogens is 287 g/mol. The SMILES string of the molecule is COC(CN)CC(=O)NC1(c2cccc(F)c2)CCOCC1. The molecule has 6 heteroatoms. The van der Waals surface area contributed by atoms with Gasteiger partial charge in [0.1, 0.15) is 5.82 Å². The first-order valence-corrected chi connectivity index (χ1v) is 7.47. The van der Waals surface area contributed by atoms with Crippen molar-refractivity contribution in [3.05, 3.63) is 35.6 Å². The van der Waals surface area contributed by atoms with Gasteiger partial charge in [0.2, 0.25) is 5.91 Å². The molecule has 3 N–H and O–H groups in total. The number of nitrogens with two attached hydrogens (primary N) is 1. The van der Waals surface area contributed by atoms with Crippen LogP contribution in [0, 0.1) is 5.82 Å². The van der Waals surface area contributed by atoms with Crippen LogP contribution in [-0.2, 0) is 19.8 Å². The maximum Gasteiger partial charge on any atom is 0.223 e. The van der Waals surface area contributed by atoms with Crippen LogP contribution in [0.4, 0.5) is 4.39 Å². The van der Waals surface area contributed by atoms with E-state index in [9.17, 15) is 9.18 Å². The van der Waals surface area contributed by atoms with E-state index in [4.69, 9.17) is 15.2 Å². The Hall–Kier alpha value is -1.50. The third-order valence-electron chi connectivity index (χ3n) is 4.11. The lowest BCUT2D eigenvalue weighted by Gasteiger charge is -2.39. The van der Waals surface area contributed by atoms with Crippen molar-refractivity contribution in [1.82, 2.24) is 5.32 Å². The Balaban J connectivity index is 2.17. The molecule has 22 heavy (non-hydrogen) atoms. The Morgan fingerprint density at radius 3 is 2.82 bits per heavy atom. The van der Waals surface area contributed by atoms with Crippen molar-refractivity contribution in [2.24, 2.45) is 5.73 Å². The van der Waals surface area contributed by atoms with Crippen molar-refractivity contribution in [3.8, 4) is 0 Å². The number of carbonyl (C=O) groups excluding carboxylic acids is 1. The lowest BCUT2D eigenvalue weighted by Crippen LogP contribution is -2.50. The summed E-state index contributed by atoms with van der Waals surface area (Å²) in [6.45, 7) is 1.34. The van der Waals surface area contributed by atoms with Gasteiger partial charge in [-0.25, -0.2) is 4.39 Å². The van der Waals surface area contributed by atoms with E-state index in [0.717, 1.165) is 5.56 Å². The molecule has 1 unspecified atom stereocenters. The minimum atomic E-state index is -0.593. The summed E-state index contributed by atoms with van der Waals surface area (Å²) in [4.78, 5) is 12.3. The van der Waals surface area contributed by atoms with E-state index in [2.05, 4.69) is 5.32 Å². The number of benzene rings is 1. The fourth-order valence-corrected chi connectivity index (χ4v) is 2.78. The molecule has 1 saturated heterocycles. The molecule has 1 aliphatic heterocycles. The van der Waals surface area contributed by atoms with Crippen LogP contribution in [0.1, 0.15) is 24.8 Å². The topological polar surface area (TPSA) is 73.6 Å². The minimum Gasteiger partial charge on any atom is -0.381 e. The Morgan fingerprint density at radius 1 is 1.50 bits per heavy atom. The zero-order valence-corrected chi connectivity index (χ0v) is 12.8. The van der Waals surface area contributed by atoms with Crippen LogP contribution in [0.5, 0.6) is 0 Å². The van der Waals surface area contributed by atoms with Crippen LogP contribution in [-0.4, -0.2) is 38.9 Å². The molecule has 0 aromatic heterocycles. The number of ether oxygens (including phenoxy) is 2. The molecule has 1 aromatic rings. The highest BCUT2D eigenvalue weighted by Gasteiger charge is 2.36. The molecule has 1 heterocycles. The van der Waals surface area contributed by atoms with Crippen molar-refractivity contribution in [2.75, 3.05) is 26.9 Å². The van der Waals surface area contributed by atoms with Gasteiger partial charge < -0.3 is 20.5 Å². The summed E-state index contributed by atoms with van der Waals surface area (Å²) in [5.41, 5.74) is 5.73. The maximum absolute atomic E-state index is 13.6. The second kappa shape index (κ2) is 7.67.